The molecular weight excluding hydrogens is 170 g/mol. The highest BCUT2D eigenvalue weighted by Crippen LogP contribution is 2.22. The van der Waals surface area contributed by atoms with Gasteiger partial charge in [-0.1, -0.05) is 26.0 Å². The molecule has 0 aliphatic heterocycles. The fraction of sp³-hybridized carbons (Fsp3) is 0.455. The van der Waals surface area contributed by atoms with Crippen molar-refractivity contribution >= 4 is 0 Å². The molecule has 0 aliphatic carbocycles. The lowest BCUT2D eigenvalue weighted by atomic mass is 9.95. The van der Waals surface area contributed by atoms with E-state index in [1.165, 1.54) is 6.07 Å². The van der Waals surface area contributed by atoms with Gasteiger partial charge in [0, 0.05) is 5.92 Å². The molecular formula is C11H14F2. The first-order valence-electron chi connectivity index (χ1n) is 4.54. The van der Waals surface area contributed by atoms with E-state index in [0.29, 0.717) is 12.0 Å². The van der Waals surface area contributed by atoms with Crippen molar-refractivity contribution in [1.29, 1.82) is 0 Å². The molecule has 0 bridgehead atoms. The normalized spacial score (nSPS) is 12.9. The summed E-state index contributed by atoms with van der Waals surface area (Å²) in [6.45, 7) is 3.22. The zero-order valence-electron chi connectivity index (χ0n) is 7.98. The minimum Gasteiger partial charge on any atom is -0.250 e. The van der Waals surface area contributed by atoms with Gasteiger partial charge in [-0.15, -0.1) is 0 Å². The van der Waals surface area contributed by atoms with Crippen LogP contribution < -0.4 is 0 Å². The molecule has 1 unspecified atom stereocenters. The van der Waals surface area contributed by atoms with Crippen molar-refractivity contribution in [2.45, 2.75) is 26.2 Å². The molecule has 1 aromatic rings. The van der Waals surface area contributed by atoms with Crippen LogP contribution in [-0.2, 0) is 6.42 Å². The summed E-state index contributed by atoms with van der Waals surface area (Å²) in [7, 11) is 0. The van der Waals surface area contributed by atoms with Crippen LogP contribution in [0, 0.1) is 5.82 Å². The number of alkyl halides is 1. The third-order valence-electron chi connectivity index (χ3n) is 2.27. The third-order valence-corrected chi connectivity index (χ3v) is 2.27. The van der Waals surface area contributed by atoms with Gasteiger partial charge >= 0.3 is 0 Å². The lowest BCUT2D eigenvalue weighted by molar-refractivity contribution is 0.444. The number of rotatable bonds is 3. The van der Waals surface area contributed by atoms with Gasteiger partial charge < -0.3 is 0 Å². The molecule has 1 rings (SSSR count). The lowest BCUT2D eigenvalue weighted by Crippen LogP contribution is -2.02. The summed E-state index contributed by atoms with van der Waals surface area (Å²) < 4.78 is 25.6. The summed E-state index contributed by atoms with van der Waals surface area (Å²) in [5.74, 6) is -0.425. The third kappa shape index (κ3) is 2.06. The van der Waals surface area contributed by atoms with Gasteiger partial charge in [-0.3, -0.25) is 4.39 Å². The molecule has 0 nitrogen and oxygen atoms in total. The van der Waals surface area contributed by atoms with Crippen LogP contribution in [0.4, 0.5) is 8.78 Å². The van der Waals surface area contributed by atoms with Crippen LogP contribution in [0.3, 0.4) is 0 Å². The van der Waals surface area contributed by atoms with Gasteiger partial charge in [-0.2, -0.15) is 0 Å². The maximum atomic E-state index is 13.2. The van der Waals surface area contributed by atoms with Crippen LogP contribution in [-0.4, -0.2) is 6.67 Å². The van der Waals surface area contributed by atoms with E-state index in [-0.39, 0.29) is 11.7 Å². The summed E-state index contributed by atoms with van der Waals surface area (Å²) in [5, 5.41) is 0. The highest BCUT2D eigenvalue weighted by Gasteiger charge is 2.11. The minimum atomic E-state index is -0.434. The zero-order chi connectivity index (χ0) is 9.84. The van der Waals surface area contributed by atoms with Crippen molar-refractivity contribution in [2.75, 3.05) is 6.67 Å². The van der Waals surface area contributed by atoms with E-state index >= 15 is 0 Å². The van der Waals surface area contributed by atoms with Crippen LogP contribution in [0.1, 0.15) is 30.9 Å². The summed E-state index contributed by atoms with van der Waals surface area (Å²) in [4.78, 5) is 0. The first-order valence-corrected chi connectivity index (χ1v) is 4.54. The first-order chi connectivity index (χ1) is 6.20. The molecule has 0 saturated heterocycles. The maximum absolute atomic E-state index is 13.2. The van der Waals surface area contributed by atoms with E-state index in [4.69, 9.17) is 0 Å². The largest absolute Gasteiger partial charge is 0.250 e. The van der Waals surface area contributed by atoms with Crippen molar-refractivity contribution in [3.05, 3.63) is 35.1 Å². The number of halogens is 2. The molecule has 0 spiro atoms. The summed E-state index contributed by atoms with van der Waals surface area (Å²) in [6, 6.07) is 4.86. The molecule has 0 aromatic heterocycles. The number of hydrogen-bond acceptors (Lipinski definition) is 0. The van der Waals surface area contributed by atoms with E-state index in [1.807, 2.05) is 6.92 Å². The Kier molecular flexibility index (Phi) is 3.40. The zero-order valence-corrected chi connectivity index (χ0v) is 7.98. The van der Waals surface area contributed by atoms with E-state index < -0.39 is 6.67 Å². The monoisotopic (exact) mass is 184 g/mol. The number of hydrogen-bond donors (Lipinski definition) is 0. The summed E-state index contributed by atoms with van der Waals surface area (Å²) in [6.07, 6.45) is 0.617. The van der Waals surface area contributed by atoms with Crippen LogP contribution in [0.25, 0.3) is 0 Å². The van der Waals surface area contributed by atoms with Gasteiger partial charge in [0.05, 0.1) is 6.67 Å². The Bertz CT molecular complexity index is 281. The quantitative estimate of drug-likeness (QED) is 0.674. The van der Waals surface area contributed by atoms with Gasteiger partial charge in [-0.25, -0.2) is 4.39 Å². The molecule has 2 heteroatoms. The SMILES string of the molecule is CCc1c(F)cccc1C(C)CF. The second kappa shape index (κ2) is 4.35. The van der Waals surface area contributed by atoms with Crippen LogP contribution in [0.5, 0.6) is 0 Å². The van der Waals surface area contributed by atoms with Crippen LogP contribution in [0.15, 0.2) is 18.2 Å². The Morgan fingerprint density at radius 3 is 2.62 bits per heavy atom. The average molecular weight is 184 g/mol. The number of benzene rings is 1. The molecule has 0 amide bonds. The van der Waals surface area contributed by atoms with E-state index in [9.17, 15) is 8.78 Å². The molecule has 0 heterocycles. The van der Waals surface area contributed by atoms with E-state index in [2.05, 4.69) is 0 Å². The maximum Gasteiger partial charge on any atom is 0.126 e. The van der Waals surface area contributed by atoms with Gasteiger partial charge in [0.25, 0.3) is 0 Å². The molecule has 0 saturated carbocycles. The molecule has 1 atom stereocenters. The van der Waals surface area contributed by atoms with Crippen molar-refractivity contribution in [2.24, 2.45) is 0 Å². The fourth-order valence-corrected chi connectivity index (χ4v) is 1.49. The Morgan fingerprint density at radius 2 is 2.08 bits per heavy atom. The smallest absolute Gasteiger partial charge is 0.126 e. The molecule has 0 N–H and O–H groups in total. The molecule has 0 aliphatic rings. The van der Waals surface area contributed by atoms with Gasteiger partial charge in [0.1, 0.15) is 5.82 Å². The van der Waals surface area contributed by atoms with Crippen LogP contribution >= 0.6 is 0 Å². The van der Waals surface area contributed by atoms with Crippen LogP contribution in [0.2, 0.25) is 0 Å². The van der Waals surface area contributed by atoms with Crippen molar-refractivity contribution in [1.82, 2.24) is 0 Å². The van der Waals surface area contributed by atoms with Crippen molar-refractivity contribution < 1.29 is 8.78 Å². The Morgan fingerprint density at radius 1 is 1.38 bits per heavy atom. The van der Waals surface area contributed by atoms with Crippen molar-refractivity contribution in [3.8, 4) is 0 Å². The fourth-order valence-electron chi connectivity index (χ4n) is 1.49. The Hall–Kier alpha value is -0.920. The van der Waals surface area contributed by atoms with Gasteiger partial charge in [0.2, 0.25) is 0 Å². The molecule has 72 valence electrons. The molecule has 1 aromatic carbocycles. The predicted molar refractivity (Wildman–Crippen MR) is 50.2 cm³/mol. The Labute approximate surface area is 77.6 Å². The lowest BCUT2D eigenvalue weighted by Gasteiger charge is -2.12. The van der Waals surface area contributed by atoms with E-state index in [0.717, 1.165) is 5.56 Å². The predicted octanol–water partition coefficient (Wildman–Crippen LogP) is 3.46. The van der Waals surface area contributed by atoms with Gasteiger partial charge in [0.15, 0.2) is 0 Å². The molecule has 0 fully saturated rings. The average Bonchev–Trinajstić information content (AvgIpc) is 2.16. The first kappa shape index (κ1) is 10.2. The van der Waals surface area contributed by atoms with Crippen molar-refractivity contribution in [3.63, 3.8) is 0 Å². The second-order valence-electron chi connectivity index (χ2n) is 3.22. The standard InChI is InChI=1S/C11H14F2/c1-3-9-10(8(2)7-12)5-4-6-11(9)13/h4-6,8H,3,7H2,1-2H3. The highest BCUT2D eigenvalue weighted by atomic mass is 19.1. The van der Waals surface area contributed by atoms with E-state index in [1.54, 1.807) is 19.1 Å². The molecule has 0 radical (unpaired) electrons. The molecule has 13 heavy (non-hydrogen) atoms. The summed E-state index contributed by atoms with van der Waals surface area (Å²) in [5.41, 5.74) is 1.44. The topological polar surface area (TPSA) is 0 Å². The minimum absolute atomic E-state index is 0.203. The Balaban J connectivity index is 3.12. The highest BCUT2D eigenvalue weighted by molar-refractivity contribution is 5.31. The second-order valence-corrected chi connectivity index (χ2v) is 3.22. The van der Waals surface area contributed by atoms with Gasteiger partial charge in [-0.05, 0) is 23.6 Å². The summed E-state index contributed by atoms with van der Waals surface area (Å²) >= 11 is 0.